The lowest BCUT2D eigenvalue weighted by atomic mass is 9.83. The molecule has 1 unspecified atom stereocenters. The second-order valence-electron chi connectivity index (χ2n) is 8.21. The lowest BCUT2D eigenvalue weighted by Crippen LogP contribution is -2.43. The number of nitrogens with zero attached hydrogens (tertiary/aromatic N) is 1. The third-order valence-electron chi connectivity index (χ3n) is 6.02. The summed E-state index contributed by atoms with van der Waals surface area (Å²) in [7, 11) is 3.57. The van der Waals surface area contributed by atoms with E-state index >= 15 is 0 Å². The van der Waals surface area contributed by atoms with E-state index in [4.69, 9.17) is 4.74 Å². The number of halogens is 1. The summed E-state index contributed by atoms with van der Waals surface area (Å²) in [5, 5.41) is 9.88. The van der Waals surface area contributed by atoms with E-state index in [9.17, 15) is 4.79 Å². The number of rotatable bonds is 10. The van der Waals surface area contributed by atoms with E-state index in [1.807, 2.05) is 31.2 Å². The van der Waals surface area contributed by atoms with Gasteiger partial charge in [0.15, 0.2) is 5.96 Å². The number of aliphatic imine (C=N–C) groups is 1. The van der Waals surface area contributed by atoms with Crippen LogP contribution < -0.4 is 16.0 Å². The van der Waals surface area contributed by atoms with E-state index in [1.165, 1.54) is 25.7 Å². The SMILES string of the molecule is CCC(C)NC(=O)c1ccc(CNC(=NC)NCC2(CCOC)CCCC2)cc1.I. The molecule has 1 aliphatic rings. The van der Waals surface area contributed by atoms with Crippen molar-refractivity contribution in [3.63, 3.8) is 0 Å². The maximum absolute atomic E-state index is 12.2. The molecule has 0 aliphatic heterocycles. The summed E-state index contributed by atoms with van der Waals surface area (Å²) in [6, 6.07) is 7.92. The van der Waals surface area contributed by atoms with Gasteiger partial charge in [-0.15, -0.1) is 24.0 Å². The first-order valence-corrected chi connectivity index (χ1v) is 10.8. The van der Waals surface area contributed by atoms with Crippen molar-refractivity contribution in [1.29, 1.82) is 0 Å². The summed E-state index contributed by atoms with van der Waals surface area (Å²) in [6.45, 7) is 6.47. The van der Waals surface area contributed by atoms with Gasteiger partial charge in [0.1, 0.15) is 0 Å². The summed E-state index contributed by atoms with van der Waals surface area (Å²) in [5.74, 6) is 0.793. The van der Waals surface area contributed by atoms with Crippen LogP contribution in [0.4, 0.5) is 0 Å². The van der Waals surface area contributed by atoms with Gasteiger partial charge in [0, 0.05) is 45.5 Å². The van der Waals surface area contributed by atoms with Crippen LogP contribution in [0.3, 0.4) is 0 Å². The number of hydrogen-bond acceptors (Lipinski definition) is 3. The Hall–Kier alpha value is -1.35. The zero-order chi connectivity index (χ0) is 21.1. The molecule has 0 radical (unpaired) electrons. The predicted octanol–water partition coefficient (Wildman–Crippen LogP) is 4.09. The predicted molar refractivity (Wildman–Crippen MR) is 135 cm³/mol. The quantitative estimate of drug-likeness (QED) is 0.242. The van der Waals surface area contributed by atoms with Gasteiger partial charge >= 0.3 is 0 Å². The van der Waals surface area contributed by atoms with Crippen molar-refractivity contribution in [1.82, 2.24) is 16.0 Å². The smallest absolute Gasteiger partial charge is 0.251 e. The molecule has 0 spiro atoms. The highest BCUT2D eigenvalue weighted by atomic mass is 127. The minimum absolute atomic E-state index is 0. The van der Waals surface area contributed by atoms with Crippen LogP contribution in [0.15, 0.2) is 29.3 Å². The molecule has 0 saturated heterocycles. The Morgan fingerprint density at radius 1 is 1.20 bits per heavy atom. The van der Waals surface area contributed by atoms with E-state index in [-0.39, 0.29) is 35.9 Å². The van der Waals surface area contributed by atoms with Crippen molar-refractivity contribution in [2.24, 2.45) is 10.4 Å². The number of methoxy groups -OCH3 is 1. The Kier molecular flexibility index (Phi) is 12.3. The number of benzene rings is 1. The van der Waals surface area contributed by atoms with Gasteiger partial charge in [-0.05, 0) is 55.7 Å². The van der Waals surface area contributed by atoms with E-state index in [1.54, 1.807) is 14.2 Å². The summed E-state index contributed by atoms with van der Waals surface area (Å²) in [6.07, 6.45) is 7.12. The topological polar surface area (TPSA) is 74.8 Å². The molecule has 7 heteroatoms. The van der Waals surface area contributed by atoms with Crippen molar-refractivity contribution >= 4 is 35.8 Å². The van der Waals surface area contributed by atoms with Crippen molar-refractivity contribution in [2.45, 2.75) is 65.0 Å². The molecule has 170 valence electrons. The molecule has 2 rings (SSSR count). The largest absolute Gasteiger partial charge is 0.385 e. The van der Waals surface area contributed by atoms with Crippen LogP contribution in [0.5, 0.6) is 0 Å². The van der Waals surface area contributed by atoms with Gasteiger partial charge in [0.2, 0.25) is 0 Å². The summed E-state index contributed by atoms with van der Waals surface area (Å²) in [4.78, 5) is 16.6. The Morgan fingerprint density at radius 3 is 2.43 bits per heavy atom. The molecule has 0 aromatic heterocycles. The van der Waals surface area contributed by atoms with Gasteiger partial charge in [0.05, 0.1) is 0 Å². The second kappa shape index (κ2) is 13.9. The lowest BCUT2D eigenvalue weighted by Gasteiger charge is -2.30. The molecule has 0 bridgehead atoms. The molecule has 30 heavy (non-hydrogen) atoms. The van der Waals surface area contributed by atoms with Gasteiger partial charge in [-0.1, -0.05) is 31.9 Å². The normalized spacial score (nSPS) is 16.5. The van der Waals surface area contributed by atoms with Gasteiger partial charge in [-0.25, -0.2) is 0 Å². The second-order valence-corrected chi connectivity index (χ2v) is 8.21. The van der Waals surface area contributed by atoms with E-state index in [0.717, 1.165) is 37.5 Å². The van der Waals surface area contributed by atoms with Gasteiger partial charge < -0.3 is 20.7 Å². The zero-order valence-electron chi connectivity index (χ0n) is 18.9. The first-order valence-electron chi connectivity index (χ1n) is 10.8. The number of amides is 1. The molecule has 1 aromatic rings. The average molecular weight is 530 g/mol. The highest BCUT2D eigenvalue weighted by Crippen LogP contribution is 2.40. The molecule has 0 heterocycles. The minimum Gasteiger partial charge on any atom is -0.385 e. The summed E-state index contributed by atoms with van der Waals surface area (Å²) >= 11 is 0. The van der Waals surface area contributed by atoms with Crippen LogP contribution >= 0.6 is 24.0 Å². The number of nitrogens with one attached hydrogen (secondary N) is 3. The molecule has 1 aromatic carbocycles. The van der Waals surface area contributed by atoms with Crippen LogP contribution in [0.25, 0.3) is 0 Å². The Morgan fingerprint density at radius 2 is 1.87 bits per heavy atom. The highest BCUT2D eigenvalue weighted by molar-refractivity contribution is 14.0. The molecule has 1 amide bonds. The van der Waals surface area contributed by atoms with E-state index in [0.29, 0.717) is 17.5 Å². The number of ether oxygens (including phenoxy) is 1. The van der Waals surface area contributed by atoms with Gasteiger partial charge in [0.25, 0.3) is 5.91 Å². The van der Waals surface area contributed by atoms with Crippen molar-refractivity contribution in [3.8, 4) is 0 Å². The highest BCUT2D eigenvalue weighted by Gasteiger charge is 2.33. The Balaban J connectivity index is 0.00000450. The van der Waals surface area contributed by atoms with Crippen LogP contribution in [-0.4, -0.2) is 45.2 Å². The monoisotopic (exact) mass is 530 g/mol. The molecule has 1 fully saturated rings. The first kappa shape index (κ1) is 26.7. The van der Waals surface area contributed by atoms with Gasteiger partial charge in [-0.2, -0.15) is 0 Å². The number of carbonyl (C=O) groups is 1. The maximum Gasteiger partial charge on any atom is 0.251 e. The van der Waals surface area contributed by atoms with Gasteiger partial charge in [-0.3, -0.25) is 9.79 Å². The van der Waals surface area contributed by atoms with Crippen molar-refractivity contribution in [3.05, 3.63) is 35.4 Å². The fourth-order valence-electron chi connectivity index (χ4n) is 3.82. The lowest BCUT2D eigenvalue weighted by molar-refractivity contribution is 0.0939. The van der Waals surface area contributed by atoms with E-state index < -0.39 is 0 Å². The molecule has 1 atom stereocenters. The fourth-order valence-corrected chi connectivity index (χ4v) is 3.82. The summed E-state index contributed by atoms with van der Waals surface area (Å²) < 4.78 is 5.32. The van der Waals surface area contributed by atoms with E-state index in [2.05, 4.69) is 27.9 Å². The van der Waals surface area contributed by atoms with Crippen LogP contribution in [0.2, 0.25) is 0 Å². The zero-order valence-corrected chi connectivity index (χ0v) is 21.3. The Labute approximate surface area is 199 Å². The van der Waals surface area contributed by atoms with Crippen LogP contribution in [0, 0.1) is 5.41 Å². The number of hydrogen-bond donors (Lipinski definition) is 3. The third-order valence-corrected chi connectivity index (χ3v) is 6.02. The summed E-state index contributed by atoms with van der Waals surface area (Å²) in [5.41, 5.74) is 2.12. The average Bonchev–Trinajstić information content (AvgIpc) is 3.21. The fraction of sp³-hybridized carbons (Fsp3) is 0.652. The maximum atomic E-state index is 12.2. The number of guanidine groups is 1. The molecular formula is C23H39IN4O2. The molecule has 1 aliphatic carbocycles. The third kappa shape index (κ3) is 8.41. The molecule has 6 nitrogen and oxygen atoms in total. The molecular weight excluding hydrogens is 491 g/mol. The molecule has 3 N–H and O–H groups in total. The number of carbonyl (C=O) groups excluding carboxylic acids is 1. The van der Waals surface area contributed by atoms with Crippen LogP contribution in [0.1, 0.15) is 68.3 Å². The minimum atomic E-state index is -0.0192. The standard InChI is InChI=1S/C23H38N4O2.HI/c1-5-18(2)27-21(28)20-10-8-19(9-11-20)16-25-22(24-3)26-17-23(14-15-29-4)12-6-7-13-23;/h8-11,18H,5-7,12-17H2,1-4H3,(H,27,28)(H2,24,25,26);1H. The first-order chi connectivity index (χ1) is 14.0. The molecule has 1 saturated carbocycles. The van der Waals surface area contributed by atoms with Crippen molar-refractivity contribution < 1.29 is 9.53 Å². The Bertz CT molecular complexity index is 658. The van der Waals surface area contributed by atoms with Crippen molar-refractivity contribution in [2.75, 3.05) is 27.3 Å². The van der Waals surface area contributed by atoms with Crippen LogP contribution in [-0.2, 0) is 11.3 Å².